The Morgan fingerprint density at radius 1 is 0.808 bits per heavy atom. The number of nitrogens with zero attached hydrogens (tertiary/aromatic N) is 5. The van der Waals surface area contributed by atoms with Gasteiger partial charge in [-0.25, -0.2) is 0 Å². The molecular formula is C20H44N6. The normalized spacial score (nSPS) is 13.0. The van der Waals surface area contributed by atoms with E-state index < -0.39 is 0 Å². The molecule has 0 saturated heterocycles. The number of rotatable bonds is 13. The van der Waals surface area contributed by atoms with Crippen molar-refractivity contribution in [2.24, 2.45) is 9.98 Å². The molecule has 0 rings (SSSR count). The highest BCUT2D eigenvalue weighted by Gasteiger charge is 2.15. The summed E-state index contributed by atoms with van der Waals surface area (Å²) in [5, 5.41) is 3.46. The van der Waals surface area contributed by atoms with Crippen LogP contribution < -0.4 is 5.32 Å². The molecule has 0 aliphatic heterocycles. The van der Waals surface area contributed by atoms with Gasteiger partial charge in [-0.3, -0.25) is 9.98 Å². The molecule has 0 radical (unpaired) electrons. The highest BCUT2D eigenvalue weighted by Crippen LogP contribution is 2.05. The smallest absolute Gasteiger partial charge is 0.199 e. The van der Waals surface area contributed by atoms with E-state index in [1.165, 1.54) is 18.7 Å². The summed E-state index contributed by atoms with van der Waals surface area (Å²) in [6.45, 7) is 12.2. The van der Waals surface area contributed by atoms with Gasteiger partial charge in [0.1, 0.15) is 5.84 Å². The van der Waals surface area contributed by atoms with E-state index in [0.29, 0.717) is 0 Å². The fourth-order valence-electron chi connectivity index (χ4n) is 2.65. The van der Waals surface area contributed by atoms with Gasteiger partial charge in [0, 0.05) is 32.6 Å². The topological polar surface area (TPSA) is 46.5 Å². The Kier molecular flexibility index (Phi) is 15.4. The average Bonchev–Trinajstić information content (AvgIpc) is 2.59. The lowest BCUT2D eigenvalue weighted by Gasteiger charge is -2.27. The second kappa shape index (κ2) is 16.1. The highest BCUT2D eigenvalue weighted by atomic mass is 15.3. The number of hydrogen-bond donors (Lipinski definition) is 1. The molecule has 6 nitrogen and oxygen atoms in total. The number of aliphatic imine (C=N–C) groups is 2. The summed E-state index contributed by atoms with van der Waals surface area (Å²) >= 11 is 0. The van der Waals surface area contributed by atoms with Gasteiger partial charge >= 0.3 is 0 Å². The molecule has 0 aromatic carbocycles. The van der Waals surface area contributed by atoms with Crippen molar-refractivity contribution in [1.82, 2.24) is 20.0 Å². The van der Waals surface area contributed by atoms with Crippen LogP contribution >= 0.6 is 0 Å². The Hall–Kier alpha value is -1.14. The van der Waals surface area contributed by atoms with Crippen LogP contribution in [0.15, 0.2) is 9.98 Å². The van der Waals surface area contributed by atoms with E-state index >= 15 is 0 Å². The molecule has 1 N–H and O–H groups in total. The Balaban J connectivity index is 5.09. The van der Waals surface area contributed by atoms with Crippen LogP contribution in [0.1, 0.15) is 52.9 Å². The van der Waals surface area contributed by atoms with Gasteiger partial charge in [0.2, 0.25) is 0 Å². The van der Waals surface area contributed by atoms with Gasteiger partial charge in [-0.05, 0) is 74.4 Å². The molecule has 0 aromatic rings. The highest BCUT2D eigenvalue weighted by molar-refractivity contribution is 5.99. The minimum atomic E-state index is 0.846. The van der Waals surface area contributed by atoms with Gasteiger partial charge in [-0.2, -0.15) is 0 Å². The predicted octanol–water partition coefficient (Wildman–Crippen LogP) is 2.77. The number of nitrogens with one attached hydrogen (secondary N) is 1. The van der Waals surface area contributed by atoms with Crippen molar-refractivity contribution in [3.63, 3.8) is 0 Å². The van der Waals surface area contributed by atoms with Gasteiger partial charge in [0.05, 0.1) is 0 Å². The molecule has 0 heterocycles. The van der Waals surface area contributed by atoms with Crippen LogP contribution in [0.3, 0.4) is 0 Å². The monoisotopic (exact) mass is 368 g/mol. The molecule has 0 bridgehead atoms. The van der Waals surface area contributed by atoms with Crippen molar-refractivity contribution in [2.75, 3.05) is 67.5 Å². The number of hydrogen-bond acceptors (Lipinski definition) is 4. The molecule has 0 atom stereocenters. The molecular weight excluding hydrogens is 324 g/mol. The fraction of sp³-hybridized carbons (Fsp3) is 0.900. The summed E-state index contributed by atoms with van der Waals surface area (Å²) in [7, 11) is 8.44. The summed E-state index contributed by atoms with van der Waals surface area (Å²) in [6, 6.07) is 0. The number of amidine groups is 1. The van der Waals surface area contributed by atoms with E-state index in [2.05, 4.69) is 69.0 Å². The fourth-order valence-corrected chi connectivity index (χ4v) is 2.65. The maximum Gasteiger partial charge on any atom is 0.199 e. The van der Waals surface area contributed by atoms with E-state index in [1.54, 1.807) is 0 Å². The Bertz CT molecular complexity index is 390. The first-order chi connectivity index (χ1) is 12.5. The first-order valence-corrected chi connectivity index (χ1v) is 10.3. The quantitative estimate of drug-likeness (QED) is 0.308. The van der Waals surface area contributed by atoms with E-state index in [0.717, 1.165) is 64.5 Å². The van der Waals surface area contributed by atoms with E-state index in [1.807, 2.05) is 0 Å². The zero-order chi connectivity index (χ0) is 19.8. The van der Waals surface area contributed by atoms with E-state index in [4.69, 9.17) is 9.98 Å². The molecule has 0 unspecified atom stereocenters. The molecule has 0 aliphatic rings. The molecule has 6 heteroatoms. The van der Waals surface area contributed by atoms with Crippen molar-refractivity contribution < 1.29 is 0 Å². The lowest BCUT2D eigenvalue weighted by molar-refractivity contribution is 0.402. The molecule has 0 saturated carbocycles. The first-order valence-electron chi connectivity index (χ1n) is 10.3. The zero-order valence-corrected chi connectivity index (χ0v) is 18.5. The van der Waals surface area contributed by atoms with Crippen molar-refractivity contribution in [3.05, 3.63) is 0 Å². The van der Waals surface area contributed by atoms with Crippen LogP contribution in [0.4, 0.5) is 0 Å². The van der Waals surface area contributed by atoms with Crippen LogP contribution in [0.2, 0.25) is 0 Å². The van der Waals surface area contributed by atoms with Crippen molar-refractivity contribution in [3.8, 4) is 0 Å². The third-order valence-electron chi connectivity index (χ3n) is 4.06. The van der Waals surface area contributed by atoms with Crippen molar-refractivity contribution in [1.29, 1.82) is 0 Å². The van der Waals surface area contributed by atoms with Gasteiger partial charge in [0.15, 0.2) is 5.96 Å². The molecule has 0 spiro atoms. The SMILES string of the molecule is CCCC/C(=N\CCCN(C)C)N(CC)/C(=N\CCCN(C)C)NCC. The maximum absolute atomic E-state index is 4.95. The van der Waals surface area contributed by atoms with Gasteiger partial charge in [-0.1, -0.05) is 13.3 Å². The van der Waals surface area contributed by atoms with Crippen LogP contribution in [-0.2, 0) is 0 Å². The number of guanidine groups is 1. The minimum absolute atomic E-state index is 0.846. The van der Waals surface area contributed by atoms with E-state index in [9.17, 15) is 0 Å². The predicted molar refractivity (Wildman–Crippen MR) is 117 cm³/mol. The summed E-state index contributed by atoms with van der Waals surface area (Å²) in [5.74, 6) is 2.16. The van der Waals surface area contributed by atoms with Crippen LogP contribution in [0.5, 0.6) is 0 Å². The van der Waals surface area contributed by atoms with Gasteiger partial charge < -0.3 is 20.0 Å². The Morgan fingerprint density at radius 2 is 1.38 bits per heavy atom. The van der Waals surface area contributed by atoms with Crippen LogP contribution in [-0.4, -0.2) is 94.0 Å². The zero-order valence-electron chi connectivity index (χ0n) is 18.5. The summed E-state index contributed by atoms with van der Waals surface area (Å²) in [5.41, 5.74) is 0. The number of unbranched alkanes of at least 4 members (excludes halogenated alkanes) is 1. The third-order valence-corrected chi connectivity index (χ3v) is 4.06. The van der Waals surface area contributed by atoms with Gasteiger partial charge in [0.25, 0.3) is 0 Å². The van der Waals surface area contributed by atoms with Crippen molar-refractivity contribution >= 4 is 11.8 Å². The second-order valence-electron chi connectivity index (χ2n) is 7.20. The molecule has 0 aliphatic carbocycles. The van der Waals surface area contributed by atoms with E-state index in [-0.39, 0.29) is 0 Å². The van der Waals surface area contributed by atoms with Crippen LogP contribution in [0, 0.1) is 0 Å². The van der Waals surface area contributed by atoms with Crippen molar-refractivity contribution in [2.45, 2.75) is 52.9 Å². The molecule has 0 amide bonds. The van der Waals surface area contributed by atoms with Crippen LogP contribution in [0.25, 0.3) is 0 Å². The minimum Gasteiger partial charge on any atom is -0.356 e. The summed E-state index contributed by atoms with van der Waals surface area (Å²) in [4.78, 5) is 16.5. The summed E-state index contributed by atoms with van der Waals surface area (Å²) < 4.78 is 0. The third kappa shape index (κ3) is 12.3. The second-order valence-corrected chi connectivity index (χ2v) is 7.20. The first kappa shape index (κ1) is 24.9. The molecule has 0 fully saturated rings. The largest absolute Gasteiger partial charge is 0.356 e. The summed E-state index contributed by atoms with van der Waals surface area (Å²) in [6.07, 6.45) is 5.54. The molecule has 154 valence electrons. The lowest BCUT2D eigenvalue weighted by atomic mass is 10.2. The average molecular weight is 369 g/mol. The standard InChI is InChI=1S/C20H44N6/c1-8-11-14-19(22-15-12-17-24(4)5)26(10-3)20(21-9-2)23-16-13-18-25(6)7/h8-18H2,1-7H3,(H,21,23)/b22-19+. The molecule has 0 aromatic heterocycles. The Labute approximate surface area is 162 Å². The molecule has 26 heavy (non-hydrogen) atoms. The van der Waals surface area contributed by atoms with Gasteiger partial charge in [-0.15, -0.1) is 0 Å². The Morgan fingerprint density at radius 3 is 1.85 bits per heavy atom. The lowest BCUT2D eigenvalue weighted by Crippen LogP contribution is -2.45. The maximum atomic E-state index is 4.95.